The normalized spacial score (nSPS) is 24.6. The molecule has 2 saturated carbocycles. The summed E-state index contributed by atoms with van der Waals surface area (Å²) >= 11 is 0. The molecule has 1 aromatic carbocycles. The second kappa shape index (κ2) is 8.84. The van der Waals surface area contributed by atoms with Gasteiger partial charge in [-0.25, -0.2) is 4.79 Å². The first-order valence-corrected chi connectivity index (χ1v) is 12.2. The van der Waals surface area contributed by atoms with Gasteiger partial charge in [-0.05, 0) is 64.4 Å². The lowest BCUT2D eigenvalue weighted by atomic mass is 9.99. The SMILES string of the molecule is CC(C)(C)OC(=O)N1C[C@H]2C[C@H](OCc3c(-c4ccccc4C(F)(F)F)noc3C3CC3)C[C@H]2C1. The van der Waals surface area contributed by atoms with Crippen LogP contribution in [0.4, 0.5) is 18.0 Å². The van der Waals surface area contributed by atoms with Crippen molar-refractivity contribution >= 4 is 6.09 Å². The molecule has 0 unspecified atom stereocenters. The Kier molecular flexibility index (Phi) is 6.10. The van der Waals surface area contributed by atoms with Gasteiger partial charge >= 0.3 is 12.3 Å². The van der Waals surface area contributed by atoms with E-state index in [1.165, 1.54) is 12.1 Å². The Labute approximate surface area is 202 Å². The monoisotopic (exact) mass is 492 g/mol. The van der Waals surface area contributed by atoms with E-state index in [9.17, 15) is 18.0 Å². The Bertz CT molecular complexity index is 1070. The van der Waals surface area contributed by atoms with E-state index in [1.807, 2.05) is 20.8 Å². The molecule has 190 valence electrons. The number of ether oxygens (including phenoxy) is 2. The predicted molar refractivity (Wildman–Crippen MR) is 122 cm³/mol. The van der Waals surface area contributed by atoms with Gasteiger partial charge in [0, 0.05) is 30.1 Å². The van der Waals surface area contributed by atoms with Crippen LogP contribution in [0.1, 0.15) is 69.3 Å². The lowest BCUT2D eigenvalue weighted by Crippen LogP contribution is -2.36. The molecule has 0 spiro atoms. The molecule has 2 aliphatic carbocycles. The molecule has 5 rings (SSSR count). The van der Waals surface area contributed by atoms with Crippen molar-refractivity contribution in [3.63, 3.8) is 0 Å². The molecule has 2 heterocycles. The van der Waals surface area contributed by atoms with E-state index in [0.29, 0.717) is 36.2 Å². The number of fused-ring (bicyclic) bond motifs is 1. The number of likely N-dealkylation sites (tertiary alicyclic amines) is 1. The number of hydrogen-bond donors (Lipinski definition) is 0. The number of aromatic nitrogens is 1. The third-order valence-electron chi connectivity index (χ3n) is 7.08. The largest absolute Gasteiger partial charge is 0.444 e. The fourth-order valence-corrected chi connectivity index (χ4v) is 5.33. The van der Waals surface area contributed by atoms with Crippen molar-refractivity contribution in [2.24, 2.45) is 11.8 Å². The summed E-state index contributed by atoms with van der Waals surface area (Å²) < 4.78 is 58.3. The summed E-state index contributed by atoms with van der Waals surface area (Å²) in [5.74, 6) is 1.51. The highest BCUT2D eigenvalue weighted by Gasteiger charge is 2.44. The molecular weight excluding hydrogens is 461 g/mol. The van der Waals surface area contributed by atoms with Gasteiger partial charge in [-0.1, -0.05) is 23.4 Å². The Balaban J connectivity index is 1.27. The molecule has 1 amide bonds. The van der Waals surface area contributed by atoms with Crippen LogP contribution < -0.4 is 0 Å². The van der Waals surface area contributed by atoms with E-state index in [4.69, 9.17) is 14.0 Å². The van der Waals surface area contributed by atoms with Crippen molar-refractivity contribution in [3.05, 3.63) is 41.2 Å². The Morgan fingerprint density at radius 3 is 2.37 bits per heavy atom. The molecule has 0 bridgehead atoms. The van der Waals surface area contributed by atoms with Crippen LogP contribution in [0, 0.1) is 11.8 Å². The minimum absolute atomic E-state index is 0.0153. The third kappa shape index (κ3) is 5.20. The lowest BCUT2D eigenvalue weighted by molar-refractivity contribution is -0.137. The minimum atomic E-state index is -4.49. The zero-order valence-corrected chi connectivity index (χ0v) is 20.2. The summed E-state index contributed by atoms with van der Waals surface area (Å²) in [5, 5.41) is 4.07. The Hall–Kier alpha value is -2.55. The van der Waals surface area contributed by atoms with E-state index in [-0.39, 0.29) is 36.0 Å². The van der Waals surface area contributed by atoms with E-state index >= 15 is 0 Å². The average Bonchev–Trinajstić information content (AvgIpc) is 3.22. The fraction of sp³-hybridized carbons (Fsp3) is 0.615. The van der Waals surface area contributed by atoms with Gasteiger partial charge in [-0.2, -0.15) is 13.2 Å². The van der Waals surface area contributed by atoms with Crippen LogP contribution in [-0.2, 0) is 22.3 Å². The molecule has 6 nitrogen and oxygen atoms in total. The number of nitrogens with zero attached hydrogens (tertiary/aromatic N) is 2. The van der Waals surface area contributed by atoms with Crippen molar-refractivity contribution < 1.29 is 32.0 Å². The topological polar surface area (TPSA) is 64.8 Å². The Morgan fingerprint density at radius 1 is 1.11 bits per heavy atom. The number of amides is 1. The first kappa shape index (κ1) is 24.2. The summed E-state index contributed by atoms with van der Waals surface area (Å²) in [6.45, 7) is 7.01. The fourth-order valence-electron chi connectivity index (χ4n) is 5.33. The molecule has 0 radical (unpaired) electrons. The molecule has 35 heavy (non-hydrogen) atoms. The Morgan fingerprint density at radius 2 is 1.77 bits per heavy atom. The van der Waals surface area contributed by atoms with Crippen LogP contribution in [0.25, 0.3) is 11.3 Å². The van der Waals surface area contributed by atoms with E-state index in [0.717, 1.165) is 31.7 Å². The molecule has 3 atom stereocenters. The van der Waals surface area contributed by atoms with Crippen LogP contribution in [-0.4, -0.2) is 40.9 Å². The highest BCUT2D eigenvalue weighted by molar-refractivity contribution is 5.69. The molecule has 3 fully saturated rings. The van der Waals surface area contributed by atoms with E-state index in [1.54, 1.807) is 11.0 Å². The number of halogens is 3. The first-order valence-electron chi connectivity index (χ1n) is 12.2. The third-order valence-corrected chi connectivity index (χ3v) is 7.08. The maximum Gasteiger partial charge on any atom is 0.417 e. The van der Waals surface area contributed by atoms with Gasteiger partial charge in [0.2, 0.25) is 0 Å². The quantitative estimate of drug-likeness (QED) is 0.483. The molecule has 1 aromatic heterocycles. The second-order valence-corrected chi connectivity index (χ2v) is 11.0. The van der Waals surface area contributed by atoms with Gasteiger partial charge in [-0.3, -0.25) is 0 Å². The number of carbonyl (C=O) groups excluding carboxylic acids is 1. The van der Waals surface area contributed by atoms with Crippen LogP contribution in [0.15, 0.2) is 28.8 Å². The smallest absolute Gasteiger partial charge is 0.417 e. The lowest BCUT2D eigenvalue weighted by Gasteiger charge is -2.25. The maximum atomic E-state index is 13.7. The molecule has 9 heteroatoms. The van der Waals surface area contributed by atoms with Gasteiger partial charge < -0.3 is 18.9 Å². The number of hydrogen-bond acceptors (Lipinski definition) is 5. The average molecular weight is 493 g/mol. The van der Waals surface area contributed by atoms with Gasteiger partial charge in [0.15, 0.2) is 0 Å². The molecular formula is C26H31F3N2O4. The van der Waals surface area contributed by atoms with Crippen LogP contribution in [0.2, 0.25) is 0 Å². The molecule has 3 aliphatic rings. The van der Waals surface area contributed by atoms with Gasteiger partial charge in [0.25, 0.3) is 0 Å². The van der Waals surface area contributed by atoms with Crippen molar-refractivity contribution in [2.45, 2.75) is 76.9 Å². The number of carbonyl (C=O) groups is 1. The highest BCUT2D eigenvalue weighted by atomic mass is 19.4. The zero-order chi connectivity index (χ0) is 25.0. The predicted octanol–water partition coefficient (Wildman–Crippen LogP) is 6.40. The first-order chi connectivity index (χ1) is 16.5. The summed E-state index contributed by atoms with van der Waals surface area (Å²) in [6.07, 6.45) is -1.29. The van der Waals surface area contributed by atoms with Gasteiger partial charge in [-0.15, -0.1) is 0 Å². The van der Waals surface area contributed by atoms with E-state index in [2.05, 4.69) is 5.16 Å². The zero-order valence-electron chi connectivity index (χ0n) is 20.2. The molecule has 2 aromatic rings. The summed E-state index contributed by atoms with van der Waals surface area (Å²) in [7, 11) is 0. The standard InChI is InChI=1S/C26H31F3N2O4/c1-25(2,3)34-24(32)31-12-16-10-18(11-17(16)13-31)33-14-20-22(30-35-23(20)15-8-9-15)19-6-4-5-7-21(19)26(27,28)29/h4-7,15-18H,8-14H2,1-3H3/t16-,17+,18+. The van der Waals surface area contributed by atoms with Crippen LogP contribution >= 0.6 is 0 Å². The van der Waals surface area contributed by atoms with Crippen molar-refractivity contribution in [1.29, 1.82) is 0 Å². The van der Waals surface area contributed by atoms with Crippen molar-refractivity contribution in [3.8, 4) is 11.3 Å². The second-order valence-electron chi connectivity index (χ2n) is 11.0. The van der Waals surface area contributed by atoms with Crippen LogP contribution in [0.3, 0.4) is 0 Å². The molecule has 1 aliphatic heterocycles. The number of rotatable bonds is 5. The van der Waals surface area contributed by atoms with Crippen LogP contribution in [0.5, 0.6) is 0 Å². The van der Waals surface area contributed by atoms with Gasteiger partial charge in [0.1, 0.15) is 17.1 Å². The van der Waals surface area contributed by atoms with Gasteiger partial charge in [0.05, 0.1) is 18.3 Å². The number of benzene rings is 1. The number of alkyl halides is 3. The van der Waals surface area contributed by atoms with Crippen molar-refractivity contribution in [1.82, 2.24) is 10.1 Å². The van der Waals surface area contributed by atoms with Crippen molar-refractivity contribution in [2.75, 3.05) is 13.1 Å². The molecule has 1 saturated heterocycles. The summed E-state index contributed by atoms with van der Waals surface area (Å²) in [4.78, 5) is 14.2. The summed E-state index contributed by atoms with van der Waals surface area (Å²) in [6, 6.07) is 5.46. The maximum absolute atomic E-state index is 13.7. The summed E-state index contributed by atoms with van der Waals surface area (Å²) in [5.41, 5.74) is -0.397. The minimum Gasteiger partial charge on any atom is -0.444 e. The highest BCUT2D eigenvalue weighted by Crippen LogP contribution is 2.47. The van der Waals surface area contributed by atoms with E-state index < -0.39 is 17.3 Å². The molecule has 0 N–H and O–H groups in total.